The molecule has 0 radical (unpaired) electrons. The second kappa shape index (κ2) is 7.87. The van der Waals surface area contributed by atoms with E-state index in [2.05, 4.69) is 34.1 Å². The molecule has 0 spiro atoms. The van der Waals surface area contributed by atoms with Crippen LogP contribution in [0, 0.1) is 0 Å². The summed E-state index contributed by atoms with van der Waals surface area (Å²) in [6, 6.07) is 9.42. The quantitative estimate of drug-likeness (QED) is 0.831. The van der Waals surface area contributed by atoms with Crippen LogP contribution in [0.15, 0.2) is 24.3 Å². The third kappa shape index (κ3) is 3.68. The molecule has 5 nitrogen and oxygen atoms in total. The molecule has 2 amide bonds. The van der Waals surface area contributed by atoms with Crippen molar-refractivity contribution in [1.82, 2.24) is 9.80 Å². The normalized spacial score (nSPS) is 23.6. The molecule has 26 heavy (non-hydrogen) atoms. The number of urea groups is 1. The van der Waals surface area contributed by atoms with E-state index in [9.17, 15) is 4.79 Å². The van der Waals surface area contributed by atoms with Gasteiger partial charge in [0, 0.05) is 50.6 Å². The highest BCUT2D eigenvalue weighted by atomic mass is 16.2. The van der Waals surface area contributed by atoms with Crippen molar-refractivity contribution < 1.29 is 4.79 Å². The smallest absolute Gasteiger partial charge is 0.324 e. The van der Waals surface area contributed by atoms with E-state index in [4.69, 9.17) is 0 Å². The Labute approximate surface area is 157 Å². The number of likely N-dealkylation sites (tertiary alicyclic amines) is 1. The second-order valence-electron chi connectivity index (χ2n) is 8.04. The predicted octanol–water partition coefficient (Wildman–Crippen LogP) is 3.40. The van der Waals surface area contributed by atoms with Crippen molar-refractivity contribution >= 4 is 17.4 Å². The first-order valence-electron chi connectivity index (χ1n) is 10.3. The van der Waals surface area contributed by atoms with Crippen LogP contribution in [0.25, 0.3) is 0 Å². The molecule has 0 N–H and O–H groups in total. The number of carbonyl (C=O) groups excluding carboxylic acids is 1. The van der Waals surface area contributed by atoms with Crippen LogP contribution in [0.4, 0.5) is 16.2 Å². The van der Waals surface area contributed by atoms with Crippen molar-refractivity contribution in [2.45, 2.75) is 44.6 Å². The van der Waals surface area contributed by atoms with Crippen molar-refractivity contribution in [3.05, 3.63) is 24.3 Å². The number of benzene rings is 1. The Bertz CT molecular complexity index is 618. The summed E-state index contributed by atoms with van der Waals surface area (Å²) in [5, 5.41) is 0. The number of likely N-dealkylation sites (N-methyl/N-ethyl adjacent to an activating group) is 1. The van der Waals surface area contributed by atoms with Gasteiger partial charge in [0.1, 0.15) is 0 Å². The number of carbonyl (C=O) groups is 1. The highest BCUT2D eigenvalue weighted by molar-refractivity contribution is 5.94. The van der Waals surface area contributed by atoms with Gasteiger partial charge < -0.3 is 14.7 Å². The first-order valence-corrected chi connectivity index (χ1v) is 10.3. The zero-order valence-electron chi connectivity index (χ0n) is 16.1. The third-order valence-electron chi connectivity index (χ3n) is 6.34. The Hall–Kier alpha value is -1.75. The Balaban J connectivity index is 1.38. The van der Waals surface area contributed by atoms with E-state index in [0.717, 1.165) is 37.9 Å². The molecule has 0 aromatic heterocycles. The lowest BCUT2D eigenvalue weighted by Gasteiger charge is -2.39. The molecule has 3 saturated heterocycles. The van der Waals surface area contributed by atoms with E-state index in [1.165, 1.54) is 57.3 Å². The number of hydrogen-bond acceptors (Lipinski definition) is 3. The lowest BCUT2D eigenvalue weighted by Crippen LogP contribution is -2.45. The maximum atomic E-state index is 12.3. The van der Waals surface area contributed by atoms with Crippen molar-refractivity contribution in [2.24, 2.45) is 0 Å². The summed E-state index contributed by atoms with van der Waals surface area (Å²) in [6.45, 7) is 6.44. The maximum absolute atomic E-state index is 12.3. The maximum Gasteiger partial charge on any atom is 0.324 e. The van der Waals surface area contributed by atoms with Crippen molar-refractivity contribution in [1.29, 1.82) is 0 Å². The van der Waals surface area contributed by atoms with Crippen LogP contribution in [-0.2, 0) is 0 Å². The summed E-state index contributed by atoms with van der Waals surface area (Å²) in [5.41, 5.74) is 2.30. The average Bonchev–Trinajstić information content (AvgIpc) is 2.89. The van der Waals surface area contributed by atoms with E-state index in [0.29, 0.717) is 0 Å². The Morgan fingerprint density at radius 1 is 0.846 bits per heavy atom. The molecular weight excluding hydrogens is 324 g/mol. The first kappa shape index (κ1) is 17.7. The second-order valence-corrected chi connectivity index (χ2v) is 8.04. The van der Waals surface area contributed by atoms with Gasteiger partial charge in [0.05, 0.1) is 0 Å². The summed E-state index contributed by atoms with van der Waals surface area (Å²) in [5.74, 6) is 0. The molecule has 0 bridgehead atoms. The van der Waals surface area contributed by atoms with Gasteiger partial charge in [-0.15, -0.1) is 0 Å². The molecule has 3 heterocycles. The number of piperidine rings is 1. The van der Waals surface area contributed by atoms with Gasteiger partial charge in [-0.1, -0.05) is 18.9 Å². The van der Waals surface area contributed by atoms with E-state index < -0.39 is 0 Å². The summed E-state index contributed by atoms with van der Waals surface area (Å²) in [4.78, 5) is 21.2. The number of nitrogens with zero attached hydrogens (tertiary/aromatic N) is 4. The van der Waals surface area contributed by atoms with Crippen LogP contribution >= 0.6 is 0 Å². The fraction of sp³-hybridized carbons (Fsp3) is 0.667. The van der Waals surface area contributed by atoms with Gasteiger partial charge >= 0.3 is 6.03 Å². The van der Waals surface area contributed by atoms with Crippen LogP contribution in [0.3, 0.4) is 0 Å². The van der Waals surface area contributed by atoms with Crippen LogP contribution in [0.2, 0.25) is 0 Å². The molecule has 0 unspecified atom stereocenters. The standard InChI is InChI=1S/C21H32N4O/c1-22-15-16-25(21(22)26)20-8-6-7-19(17-20)24-13-9-18(10-14-24)23-11-4-2-3-5-12-23/h6-8,17-18H,2-5,9-16H2,1H3. The number of hydrogen-bond donors (Lipinski definition) is 0. The zero-order chi connectivity index (χ0) is 17.9. The van der Waals surface area contributed by atoms with Gasteiger partial charge in [0.25, 0.3) is 0 Å². The molecule has 5 heteroatoms. The van der Waals surface area contributed by atoms with Gasteiger partial charge in [-0.05, 0) is 57.0 Å². The highest BCUT2D eigenvalue weighted by Crippen LogP contribution is 2.28. The van der Waals surface area contributed by atoms with Gasteiger partial charge in [0.15, 0.2) is 0 Å². The molecule has 142 valence electrons. The Morgan fingerprint density at radius 2 is 1.54 bits per heavy atom. The largest absolute Gasteiger partial charge is 0.371 e. The molecule has 0 saturated carbocycles. The molecular formula is C21H32N4O. The third-order valence-corrected chi connectivity index (χ3v) is 6.34. The Kier molecular flexibility index (Phi) is 5.34. The van der Waals surface area contributed by atoms with Crippen molar-refractivity contribution in [2.75, 3.05) is 56.1 Å². The van der Waals surface area contributed by atoms with E-state index in [1.807, 2.05) is 11.9 Å². The van der Waals surface area contributed by atoms with Gasteiger partial charge in [-0.2, -0.15) is 0 Å². The summed E-state index contributed by atoms with van der Waals surface area (Å²) in [6.07, 6.45) is 8.09. The topological polar surface area (TPSA) is 30.0 Å². The van der Waals surface area contributed by atoms with Crippen molar-refractivity contribution in [3.63, 3.8) is 0 Å². The summed E-state index contributed by atoms with van der Waals surface area (Å²) in [7, 11) is 1.87. The minimum Gasteiger partial charge on any atom is -0.371 e. The molecule has 4 rings (SSSR count). The molecule has 3 fully saturated rings. The molecule has 1 aromatic rings. The van der Waals surface area contributed by atoms with E-state index in [-0.39, 0.29) is 6.03 Å². The minimum atomic E-state index is 0.113. The van der Waals surface area contributed by atoms with E-state index >= 15 is 0 Å². The summed E-state index contributed by atoms with van der Waals surface area (Å²) < 4.78 is 0. The molecule has 3 aliphatic rings. The number of rotatable bonds is 3. The van der Waals surface area contributed by atoms with Gasteiger partial charge in [0.2, 0.25) is 0 Å². The fourth-order valence-electron chi connectivity index (χ4n) is 4.69. The molecule has 0 aliphatic carbocycles. The first-order chi connectivity index (χ1) is 12.7. The molecule has 3 aliphatic heterocycles. The number of amides is 2. The lowest BCUT2D eigenvalue weighted by atomic mass is 10.0. The molecule has 0 atom stereocenters. The van der Waals surface area contributed by atoms with Crippen LogP contribution < -0.4 is 9.80 Å². The number of anilines is 2. The molecule has 1 aromatic carbocycles. The predicted molar refractivity (Wildman–Crippen MR) is 107 cm³/mol. The lowest BCUT2D eigenvalue weighted by molar-refractivity contribution is 0.175. The average molecular weight is 357 g/mol. The van der Waals surface area contributed by atoms with Gasteiger partial charge in [-0.3, -0.25) is 4.90 Å². The SMILES string of the molecule is CN1CCN(c2cccc(N3CCC(N4CCCCCC4)CC3)c2)C1=O. The minimum absolute atomic E-state index is 0.113. The fourth-order valence-corrected chi connectivity index (χ4v) is 4.69. The summed E-state index contributed by atoms with van der Waals surface area (Å²) >= 11 is 0. The Morgan fingerprint density at radius 3 is 2.19 bits per heavy atom. The van der Waals surface area contributed by atoms with Crippen LogP contribution in [0.1, 0.15) is 38.5 Å². The zero-order valence-corrected chi connectivity index (χ0v) is 16.1. The van der Waals surface area contributed by atoms with Gasteiger partial charge in [-0.25, -0.2) is 4.79 Å². The monoisotopic (exact) mass is 356 g/mol. The van der Waals surface area contributed by atoms with Crippen LogP contribution in [-0.4, -0.2) is 68.2 Å². The van der Waals surface area contributed by atoms with Crippen molar-refractivity contribution in [3.8, 4) is 0 Å². The van der Waals surface area contributed by atoms with Crippen LogP contribution in [0.5, 0.6) is 0 Å². The highest BCUT2D eigenvalue weighted by Gasteiger charge is 2.28. The van der Waals surface area contributed by atoms with E-state index in [1.54, 1.807) is 4.90 Å².